The summed E-state index contributed by atoms with van der Waals surface area (Å²) in [4.78, 5) is 41.3. The number of aromatic amines is 2. The molecule has 3 aromatic heterocycles. The third-order valence-corrected chi connectivity index (χ3v) is 2.98. The van der Waals surface area contributed by atoms with Crippen molar-refractivity contribution in [3.63, 3.8) is 0 Å². The molecular formula is C13H13N7O3. The van der Waals surface area contributed by atoms with Crippen LogP contribution in [0.15, 0.2) is 29.2 Å². The smallest absolute Gasteiger partial charge is 0.307 e. The molecule has 3 rings (SSSR count). The van der Waals surface area contributed by atoms with E-state index in [2.05, 4.69) is 30.2 Å². The van der Waals surface area contributed by atoms with E-state index < -0.39 is 11.8 Å². The largest absolute Gasteiger partial charge is 0.427 e. The number of carbonyl (C=O) groups excluding carboxylic acids is 2. The van der Waals surface area contributed by atoms with E-state index in [1.54, 1.807) is 24.8 Å². The van der Waals surface area contributed by atoms with E-state index in [-0.39, 0.29) is 30.3 Å². The average molecular weight is 315 g/mol. The molecule has 0 spiro atoms. The second kappa shape index (κ2) is 6.13. The van der Waals surface area contributed by atoms with Crippen LogP contribution in [0.25, 0.3) is 0 Å². The molecule has 23 heavy (non-hydrogen) atoms. The average Bonchev–Trinajstić information content (AvgIpc) is 3.26. The molecule has 0 radical (unpaired) electrons. The predicted octanol–water partition coefficient (Wildman–Crippen LogP) is -0.260. The zero-order valence-corrected chi connectivity index (χ0v) is 11.9. The van der Waals surface area contributed by atoms with Gasteiger partial charge in [-0.1, -0.05) is 0 Å². The second-order valence-corrected chi connectivity index (χ2v) is 4.59. The van der Waals surface area contributed by atoms with Gasteiger partial charge in [-0.15, -0.1) is 0 Å². The minimum absolute atomic E-state index is 0.162. The van der Waals surface area contributed by atoms with E-state index in [4.69, 9.17) is 10.2 Å². The number of primary amides is 1. The van der Waals surface area contributed by atoms with Crippen LogP contribution in [0, 0.1) is 0 Å². The zero-order valence-electron chi connectivity index (χ0n) is 11.9. The van der Waals surface area contributed by atoms with E-state index in [1.807, 2.05) is 0 Å². The molecule has 10 nitrogen and oxygen atoms in total. The maximum atomic E-state index is 12.0. The van der Waals surface area contributed by atoms with Gasteiger partial charge in [-0.3, -0.25) is 9.59 Å². The van der Waals surface area contributed by atoms with Gasteiger partial charge in [0.2, 0.25) is 5.76 Å². The summed E-state index contributed by atoms with van der Waals surface area (Å²) in [6.45, 7) is 0.174. The van der Waals surface area contributed by atoms with Crippen LogP contribution < -0.4 is 11.1 Å². The molecule has 0 aromatic carbocycles. The molecule has 0 bridgehead atoms. The SMILES string of the molecule is NC(=O)c1oc(C(=O)NCc2ncc[nH]2)nc1Cc1ncc[nH]1. The van der Waals surface area contributed by atoms with Crippen molar-refractivity contribution in [2.24, 2.45) is 5.73 Å². The first kappa shape index (κ1) is 14.5. The van der Waals surface area contributed by atoms with Crippen LogP contribution in [0.3, 0.4) is 0 Å². The topological polar surface area (TPSA) is 156 Å². The Morgan fingerprint density at radius 1 is 1.17 bits per heavy atom. The number of rotatable bonds is 6. The maximum Gasteiger partial charge on any atom is 0.307 e. The van der Waals surface area contributed by atoms with Crippen LogP contribution in [0.4, 0.5) is 0 Å². The third kappa shape index (κ3) is 3.26. The molecule has 118 valence electrons. The fourth-order valence-corrected chi connectivity index (χ4v) is 1.95. The molecule has 2 amide bonds. The number of carbonyl (C=O) groups is 2. The van der Waals surface area contributed by atoms with Crippen molar-refractivity contribution in [2.45, 2.75) is 13.0 Å². The van der Waals surface area contributed by atoms with E-state index in [0.29, 0.717) is 11.6 Å². The Morgan fingerprint density at radius 2 is 1.87 bits per heavy atom. The Hall–Kier alpha value is -3.43. The quantitative estimate of drug-likeness (QED) is 0.491. The van der Waals surface area contributed by atoms with Crippen molar-refractivity contribution in [2.75, 3.05) is 0 Å². The number of hydrogen-bond acceptors (Lipinski definition) is 6. The van der Waals surface area contributed by atoms with E-state index in [1.165, 1.54) is 0 Å². The van der Waals surface area contributed by atoms with Gasteiger partial charge >= 0.3 is 5.91 Å². The van der Waals surface area contributed by atoms with Crippen LogP contribution in [0.2, 0.25) is 0 Å². The number of amides is 2. The first-order valence-corrected chi connectivity index (χ1v) is 6.67. The Bertz CT molecular complexity index is 805. The predicted molar refractivity (Wildman–Crippen MR) is 76.2 cm³/mol. The molecule has 0 fully saturated rings. The number of imidazole rings is 2. The van der Waals surface area contributed by atoms with Gasteiger partial charge in [0.15, 0.2) is 0 Å². The lowest BCUT2D eigenvalue weighted by Crippen LogP contribution is -2.23. The molecule has 3 aromatic rings. The second-order valence-electron chi connectivity index (χ2n) is 4.59. The highest BCUT2D eigenvalue weighted by atomic mass is 16.4. The summed E-state index contributed by atoms with van der Waals surface area (Å²) >= 11 is 0. The maximum absolute atomic E-state index is 12.0. The van der Waals surface area contributed by atoms with Gasteiger partial charge in [-0.05, 0) is 0 Å². The van der Waals surface area contributed by atoms with Crippen LogP contribution in [-0.2, 0) is 13.0 Å². The van der Waals surface area contributed by atoms with Gasteiger partial charge in [0.05, 0.1) is 13.0 Å². The fourth-order valence-electron chi connectivity index (χ4n) is 1.95. The van der Waals surface area contributed by atoms with Gasteiger partial charge in [0, 0.05) is 24.8 Å². The van der Waals surface area contributed by atoms with E-state index in [0.717, 1.165) is 0 Å². The molecule has 0 saturated heterocycles. The Balaban J connectivity index is 1.76. The van der Waals surface area contributed by atoms with Crippen molar-refractivity contribution < 1.29 is 14.0 Å². The normalized spacial score (nSPS) is 10.6. The van der Waals surface area contributed by atoms with Crippen LogP contribution in [-0.4, -0.2) is 36.7 Å². The highest BCUT2D eigenvalue weighted by Crippen LogP contribution is 2.14. The fraction of sp³-hybridized carbons (Fsp3) is 0.154. The van der Waals surface area contributed by atoms with Crippen LogP contribution in [0.1, 0.15) is 38.6 Å². The number of hydrogen-bond donors (Lipinski definition) is 4. The Morgan fingerprint density at radius 3 is 2.48 bits per heavy atom. The number of H-pyrrole nitrogens is 2. The molecule has 5 N–H and O–H groups in total. The molecule has 10 heteroatoms. The van der Waals surface area contributed by atoms with Gasteiger partial charge in [-0.2, -0.15) is 0 Å². The standard InChI is InChI=1S/C13H13N7O3/c14-11(21)10-7(5-8-15-1-2-16-8)20-13(23-10)12(22)19-6-9-17-3-4-18-9/h1-4H,5-6H2,(H2,14,21)(H,15,16)(H,17,18)(H,19,22). The lowest BCUT2D eigenvalue weighted by atomic mass is 10.2. The molecule has 0 saturated carbocycles. The molecular weight excluding hydrogens is 302 g/mol. The summed E-state index contributed by atoms with van der Waals surface area (Å²) < 4.78 is 5.19. The molecule has 0 unspecified atom stereocenters. The lowest BCUT2D eigenvalue weighted by Gasteiger charge is -1.98. The van der Waals surface area contributed by atoms with Crippen molar-refractivity contribution in [3.8, 4) is 0 Å². The molecule has 0 aliphatic carbocycles. The third-order valence-electron chi connectivity index (χ3n) is 2.98. The zero-order chi connectivity index (χ0) is 16.2. The number of oxazole rings is 1. The number of nitrogens with zero attached hydrogens (tertiary/aromatic N) is 3. The van der Waals surface area contributed by atoms with Crippen molar-refractivity contribution in [3.05, 3.63) is 53.8 Å². The molecule has 0 aliphatic rings. The minimum Gasteiger partial charge on any atom is -0.427 e. The summed E-state index contributed by atoms with van der Waals surface area (Å²) in [5.41, 5.74) is 5.50. The first-order valence-electron chi connectivity index (χ1n) is 6.67. The molecule has 0 atom stereocenters. The number of nitrogens with two attached hydrogens (primary N) is 1. The highest BCUT2D eigenvalue weighted by molar-refractivity contribution is 5.94. The van der Waals surface area contributed by atoms with Gasteiger partial charge < -0.3 is 25.4 Å². The minimum atomic E-state index is -0.802. The first-order chi connectivity index (χ1) is 11.1. The van der Waals surface area contributed by atoms with Crippen molar-refractivity contribution in [1.82, 2.24) is 30.2 Å². The number of aromatic nitrogens is 5. The van der Waals surface area contributed by atoms with Gasteiger partial charge in [0.25, 0.3) is 11.8 Å². The highest BCUT2D eigenvalue weighted by Gasteiger charge is 2.22. The van der Waals surface area contributed by atoms with Crippen molar-refractivity contribution >= 4 is 11.8 Å². The summed E-state index contributed by atoms with van der Waals surface area (Å²) in [6, 6.07) is 0. The summed E-state index contributed by atoms with van der Waals surface area (Å²) in [5, 5.41) is 2.58. The summed E-state index contributed by atoms with van der Waals surface area (Å²) in [6.07, 6.45) is 6.60. The Kier molecular flexibility index (Phi) is 3.87. The van der Waals surface area contributed by atoms with Crippen LogP contribution in [0.5, 0.6) is 0 Å². The lowest BCUT2D eigenvalue weighted by molar-refractivity contribution is 0.0906. The number of nitrogens with one attached hydrogen (secondary N) is 3. The van der Waals surface area contributed by atoms with Crippen molar-refractivity contribution in [1.29, 1.82) is 0 Å². The monoisotopic (exact) mass is 315 g/mol. The van der Waals surface area contributed by atoms with Crippen LogP contribution >= 0.6 is 0 Å². The Labute approximate surface area is 129 Å². The molecule has 0 aliphatic heterocycles. The van der Waals surface area contributed by atoms with Gasteiger partial charge in [0.1, 0.15) is 17.3 Å². The summed E-state index contributed by atoms with van der Waals surface area (Å²) in [7, 11) is 0. The van der Waals surface area contributed by atoms with Gasteiger partial charge in [-0.25, -0.2) is 15.0 Å². The summed E-state index contributed by atoms with van der Waals surface area (Å²) in [5.74, 6) is -0.630. The molecule has 3 heterocycles. The van der Waals surface area contributed by atoms with E-state index >= 15 is 0 Å². The van der Waals surface area contributed by atoms with E-state index in [9.17, 15) is 9.59 Å².